The van der Waals surface area contributed by atoms with Crippen LogP contribution in [0, 0.1) is 0 Å². The fourth-order valence-corrected chi connectivity index (χ4v) is 4.98. The number of ether oxygens (including phenoxy) is 4. The highest BCUT2D eigenvalue weighted by molar-refractivity contribution is 9.10. The molecule has 2 heterocycles. The lowest BCUT2D eigenvalue weighted by Crippen LogP contribution is -2.23. The molecule has 0 radical (unpaired) electrons. The number of rotatable bonds is 8. The normalized spacial score (nSPS) is 13.3. The van der Waals surface area contributed by atoms with Crippen molar-refractivity contribution < 1.29 is 18.9 Å². The lowest BCUT2D eigenvalue weighted by atomic mass is 10.1. The molecule has 0 bridgehead atoms. The summed E-state index contributed by atoms with van der Waals surface area (Å²) >= 11 is 7.04. The van der Waals surface area contributed by atoms with Gasteiger partial charge in [0.2, 0.25) is 6.79 Å². The smallest absolute Gasteiger partial charge is 0.282 e. The van der Waals surface area contributed by atoms with E-state index in [1.807, 2.05) is 49.4 Å². The second-order valence-electron chi connectivity index (χ2n) is 8.81. The second-order valence-corrected chi connectivity index (χ2v) is 10.6. The first kappa shape index (κ1) is 26.2. The molecule has 1 aliphatic heterocycles. The number of hydrogen-bond donors (Lipinski definition) is 0. The van der Waals surface area contributed by atoms with Crippen molar-refractivity contribution in [1.82, 2.24) is 9.66 Å². The van der Waals surface area contributed by atoms with E-state index in [-0.39, 0.29) is 18.3 Å². The van der Waals surface area contributed by atoms with Gasteiger partial charge in [-0.1, -0.05) is 35.8 Å². The second kappa shape index (κ2) is 11.2. The molecule has 196 valence electrons. The summed E-state index contributed by atoms with van der Waals surface area (Å²) in [5.74, 6) is 3.15. The van der Waals surface area contributed by atoms with E-state index in [0.717, 1.165) is 27.8 Å². The number of hydrogen-bond acceptors (Lipinski definition) is 7. The van der Waals surface area contributed by atoms with Crippen LogP contribution in [0.4, 0.5) is 0 Å². The SMILES string of the molecule is CC[C@H](C)c1nc2ccc(Br)cc2c(=O)n1N=Cc1cc(Br)c(OCc2ccc3c(c2)OCO3)c(OC)c1. The van der Waals surface area contributed by atoms with Crippen molar-refractivity contribution in [1.29, 1.82) is 0 Å². The number of nitrogens with zero attached hydrogens (tertiary/aromatic N) is 3. The molecule has 10 heteroatoms. The Morgan fingerprint density at radius 1 is 1.13 bits per heavy atom. The maximum absolute atomic E-state index is 13.4. The molecule has 4 aromatic rings. The molecular formula is C28H25Br2N3O5. The number of benzene rings is 3. The highest BCUT2D eigenvalue weighted by Crippen LogP contribution is 2.38. The van der Waals surface area contributed by atoms with Gasteiger partial charge in [-0.3, -0.25) is 4.79 Å². The Kier molecular flexibility index (Phi) is 7.71. The van der Waals surface area contributed by atoms with E-state index in [0.29, 0.717) is 45.1 Å². The third-order valence-electron chi connectivity index (χ3n) is 6.28. The molecule has 0 aliphatic carbocycles. The van der Waals surface area contributed by atoms with Crippen molar-refractivity contribution in [2.75, 3.05) is 13.9 Å². The molecule has 3 aromatic carbocycles. The first-order valence-corrected chi connectivity index (χ1v) is 13.6. The molecule has 0 unspecified atom stereocenters. The molecule has 8 nitrogen and oxygen atoms in total. The van der Waals surface area contributed by atoms with Crippen LogP contribution in [0.25, 0.3) is 10.9 Å². The molecule has 0 amide bonds. The van der Waals surface area contributed by atoms with E-state index in [1.165, 1.54) is 4.68 Å². The average molecular weight is 643 g/mol. The maximum Gasteiger partial charge on any atom is 0.282 e. The zero-order valence-electron chi connectivity index (χ0n) is 21.0. The monoisotopic (exact) mass is 641 g/mol. The summed E-state index contributed by atoms with van der Waals surface area (Å²) in [6, 6.07) is 14.8. The van der Waals surface area contributed by atoms with E-state index in [9.17, 15) is 4.79 Å². The van der Waals surface area contributed by atoms with Crippen molar-refractivity contribution in [2.45, 2.75) is 32.8 Å². The molecule has 5 rings (SSSR count). The zero-order chi connectivity index (χ0) is 26.8. The fourth-order valence-electron chi connectivity index (χ4n) is 4.04. The van der Waals surface area contributed by atoms with Gasteiger partial charge < -0.3 is 18.9 Å². The van der Waals surface area contributed by atoms with Crippen molar-refractivity contribution in [3.8, 4) is 23.0 Å². The van der Waals surface area contributed by atoms with Gasteiger partial charge in [0.1, 0.15) is 12.4 Å². The minimum absolute atomic E-state index is 0.0427. The molecule has 1 atom stereocenters. The minimum atomic E-state index is -0.224. The van der Waals surface area contributed by atoms with Crippen molar-refractivity contribution in [3.63, 3.8) is 0 Å². The Bertz CT molecular complexity index is 1600. The summed E-state index contributed by atoms with van der Waals surface area (Å²) in [7, 11) is 1.58. The maximum atomic E-state index is 13.4. The van der Waals surface area contributed by atoms with Crippen LogP contribution in [0.1, 0.15) is 43.1 Å². The zero-order valence-corrected chi connectivity index (χ0v) is 24.2. The first-order valence-electron chi connectivity index (χ1n) is 12.0. The lowest BCUT2D eigenvalue weighted by Gasteiger charge is -2.15. The van der Waals surface area contributed by atoms with Gasteiger partial charge in [0.15, 0.2) is 23.0 Å². The van der Waals surface area contributed by atoms with Gasteiger partial charge in [0, 0.05) is 10.4 Å². The van der Waals surface area contributed by atoms with Crippen LogP contribution in [0.5, 0.6) is 23.0 Å². The Hall–Kier alpha value is -3.37. The molecule has 38 heavy (non-hydrogen) atoms. The van der Waals surface area contributed by atoms with Gasteiger partial charge in [0.05, 0.1) is 28.7 Å². The quantitative estimate of drug-likeness (QED) is 0.201. The average Bonchev–Trinajstić information content (AvgIpc) is 3.39. The van der Waals surface area contributed by atoms with Gasteiger partial charge in [-0.05, 0) is 75.9 Å². The van der Waals surface area contributed by atoms with Crippen LogP contribution < -0.4 is 24.5 Å². The van der Waals surface area contributed by atoms with E-state index >= 15 is 0 Å². The molecule has 0 saturated carbocycles. The van der Waals surface area contributed by atoms with Gasteiger partial charge in [-0.2, -0.15) is 9.78 Å². The summed E-state index contributed by atoms with van der Waals surface area (Å²) in [5, 5.41) is 5.05. The predicted octanol–water partition coefficient (Wildman–Crippen LogP) is 6.63. The third kappa shape index (κ3) is 5.28. The summed E-state index contributed by atoms with van der Waals surface area (Å²) in [6.45, 7) is 4.62. The highest BCUT2D eigenvalue weighted by Gasteiger charge is 2.17. The molecule has 0 spiro atoms. The van der Waals surface area contributed by atoms with Crippen LogP contribution in [0.15, 0.2) is 67.4 Å². The Morgan fingerprint density at radius 3 is 2.74 bits per heavy atom. The van der Waals surface area contributed by atoms with Gasteiger partial charge in [-0.15, -0.1) is 0 Å². The summed E-state index contributed by atoms with van der Waals surface area (Å²) in [5.41, 5.74) is 2.08. The molecule has 0 saturated heterocycles. The molecule has 0 fully saturated rings. The number of halogens is 2. The predicted molar refractivity (Wildman–Crippen MR) is 153 cm³/mol. The van der Waals surface area contributed by atoms with Gasteiger partial charge >= 0.3 is 0 Å². The largest absolute Gasteiger partial charge is 0.493 e. The van der Waals surface area contributed by atoms with Crippen molar-refractivity contribution in [3.05, 3.63) is 84.8 Å². The third-order valence-corrected chi connectivity index (χ3v) is 7.36. The summed E-state index contributed by atoms with van der Waals surface area (Å²) in [6.07, 6.45) is 2.44. The standard InChI is InChI=1S/C28H25Br2N3O5/c1-4-16(2)27-32-22-7-6-19(29)12-20(22)28(34)33(27)31-13-18-9-21(30)26(25(11-18)35-3)36-14-17-5-8-23-24(10-17)38-15-37-23/h5-13,16H,4,14-15H2,1-3H3/t16-/m0/s1. The van der Waals surface area contributed by atoms with Crippen molar-refractivity contribution in [2.24, 2.45) is 5.10 Å². The summed E-state index contributed by atoms with van der Waals surface area (Å²) < 4.78 is 25.4. The van der Waals surface area contributed by atoms with Crippen LogP contribution >= 0.6 is 31.9 Å². The molecular weight excluding hydrogens is 618 g/mol. The Morgan fingerprint density at radius 2 is 1.95 bits per heavy atom. The van der Waals surface area contributed by atoms with Crippen LogP contribution in [-0.2, 0) is 6.61 Å². The van der Waals surface area contributed by atoms with Crippen LogP contribution in [0.3, 0.4) is 0 Å². The van der Waals surface area contributed by atoms with Crippen LogP contribution in [-0.4, -0.2) is 29.8 Å². The molecule has 1 aliphatic rings. The highest BCUT2D eigenvalue weighted by atomic mass is 79.9. The van der Waals surface area contributed by atoms with Gasteiger partial charge in [0.25, 0.3) is 5.56 Å². The Balaban J connectivity index is 1.45. The van der Waals surface area contributed by atoms with Crippen molar-refractivity contribution >= 4 is 49.0 Å². The molecule has 0 N–H and O–H groups in total. The molecule has 1 aromatic heterocycles. The Labute approximate surface area is 236 Å². The lowest BCUT2D eigenvalue weighted by molar-refractivity contribution is 0.174. The van der Waals surface area contributed by atoms with E-state index in [1.54, 1.807) is 19.4 Å². The van der Waals surface area contributed by atoms with E-state index in [2.05, 4.69) is 43.9 Å². The minimum Gasteiger partial charge on any atom is -0.493 e. The number of aromatic nitrogens is 2. The number of methoxy groups -OCH3 is 1. The van der Waals surface area contributed by atoms with E-state index < -0.39 is 0 Å². The number of fused-ring (bicyclic) bond motifs is 2. The van der Waals surface area contributed by atoms with E-state index in [4.69, 9.17) is 23.9 Å². The van der Waals surface area contributed by atoms with Gasteiger partial charge in [-0.25, -0.2) is 4.98 Å². The van der Waals surface area contributed by atoms with Crippen LogP contribution in [0.2, 0.25) is 0 Å². The fraction of sp³-hybridized carbons (Fsp3) is 0.250. The first-order chi connectivity index (χ1) is 18.4. The summed E-state index contributed by atoms with van der Waals surface area (Å²) in [4.78, 5) is 18.2. The topological polar surface area (TPSA) is 84.2 Å².